The van der Waals surface area contributed by atoms with Gasteiger partial charge in [-0.25, -0.2) is 8.42 Å². The van der Waals surface area contributed by atoms with E-state index >= 15 is 0 Å². The SMILES string of the molecule is CN(C(=O)CN1CC=C(c2ccccc2)CC1)C1CCS(=O)(=O)C1. The fourth-order valence-corrected chi connectivity index (χ4v) is 5.13. The van der Waals surface area contributed by atoms with Gasteiger partial charge in [0.15, 0.2) is 9.84 Å². The molecule has 2 aliphatic heterocycles. The Labute approximate surface area is 143 Å². The van der Waals surface area contributed by atoms with Crippen LogP contribution in [0.3, 0.4) is 0 Å². The molecule has 1 aromatic rings. The minimum atomic E-state index is -2.96. The Bertz CT molecular complexity index is 728. The maximum absolute atomic E-state index is 12.4. The van der Waals surface area contributed by atoms with Crippen LogP contribution >= 0.6 is 0 Å². The Morgan fingerprint density at radius 2 is 2.04 bits per heavy atom. The van der Waals surface area contributed by atoms with Crippen LogP contribution in [0.25, 0.3) is 5.57 Å². The molecule has 0 aromatic heterocycles. The third-order valence-electron chi connectivity index (χ3n) is 4.95. The molecule has 2 heterocycles. The number of likely N-dealkylation sites (N-methyl/N-ethyl adjacent to an activating group) is 1. The minimum absolute atomic E-state index is 0.00802. The smallest absolute Gasteiger partial charge is 0.236 e. The lowest BCUT2D eigenvalue weighted by atomic mass is 9.99. The van der Waals surface area contributed by atoms with Gasteiger partial charge in [0.25, 0.3) is 0 Å². The van der Waals surface area contributed by atoms with Gasteiger partial charge in [-0.05, 0) is 24.0 Å². The summed E-state index contributed by atoms with van der Waals surface area (Å²) >= 11 is 0. The zero-order valence-corrected chi connectivity index (χ0v) is 14.8. The highest BCUT2D eigenvalue weighted by Gasteiger charge is 2.33. The Morgan fingerprint density at radius 1 is 1.29 bits per heavy atom. The Kier molecular flexibility index (Phi) is 5.06. The summed E-state index contributed by atoms with van der Waals surface area (Å²) in [6.07, 6.45) is 3.67. The topological polar surface area (TPSA) is 57.7 Å². The third-order valence-corrected chi connectivity index (χ3v) is 6.70. The van der Waals surface area contributed by atoms with Crippen molar-refractivity contribution in [3.05, 3.63) is 42.0 Å². The molecule has 2 aliphatic rings. The number of carbonyl (C=O) groups is 1. The van der Waals surface area contributed by atoms with Crippen molar-refractivity contribution in [2.24, 2.45) is 0 Å². The fraction of sp³-hybridized carbons (Fsp3) is 0.500. The third kappa shape index (κ3) is 4.05. The van der Waals surface area contributed by atoms with E-state index in [4.69, 9.17) is 0 Å². The minimum Gasteiger partial charge on any atom is -0.341 e. The lowest BCUT2D eigenvalue weighted by Gasteiger charge is -2.30. The molecule has 1 fully saturated rings. The van der Waals surface area contributed by atoms with Gasteiger partial charge in [-0.2, -0.15) is 0 Å². The highest BCUT2D eigenvalue weighted by Crippen LogP contribution is 2.22. The standard InChI is InChI=1S/C18H24N2O3S/c1-19(17-9-12-24(22,23)14-17)18(21)13-20-10-7-16(8-11-20)15-5-3-2-4-6-15/h2-7,17H,8-14H2,1H3. The fourth-order valence-electron chi connectivity index (χ4n) is 3.36. The van der Waals surface area contributed by atoms with E-state index in [1.807, 2.05) is 18.2 Å². The number of hydrogen-bond donors (Lipinski definition) is 0. The molecular weight excluding hydrogens is 324 g/mol. The quantitative estimate of drug-likeness (QED) is 0.826. The lowest BCUT2D eigenvalue weighted by Crippen LogP contribution is -2.44. The molecule has 24 heavy (non-hydrogen) atoms. The number of nitrogens with zero attached hydrogens (tertiary/aromatic N) is 2. The second-order valence-corrected chi connectivity index (χ2v) is 8.87. The molecule has 1 atom stereocenters. The maximum atomic E-state index is 12.4. The molecule has 0 N–H and O–H groups in total. The van der Waals surface area contributed by atoms with Gasteiger partial charge in [-0.1, -0.05) is 36.4 Å². The van der Waals surface area contributed by atoms with Crippen LogP contribution in [-0.4, -0.2) is 68.4 Å². The second-order valence-electron chi connectivity index (χ2n) is 6.64. The Balaban J connectivity index is 1.54. The van der Waals surface area contributed by atoms with Gasteiger partial charge in [0.2, 0.25) is 5.91 Å². The first-order valence-electron chi connectivity index (χ1n) is 8.37. The largest absolute Gasteiger partial charge is 0.341 e. The number of sulfone groups is 1. The molecule has 0 saturated carbocycles. The van der Waals surface area contributed by atoms with Crippen LogP contribution in [-0.2, 0) is 14.6 Å². The lowest BCUT2D eigenvalue weighted by molar-refractivity contribution is -0.132. The molecule has 0 radical (unpaired) electrons. The predicted molar refractivity (Wildman–Crippen MR) is 95.3 cm³/mol. The summed E-state index contributed by atoms with van der Waals surface area (Å²) in [5.41, 5.74) is 2.58. The molecule has 1 unspecified atom stereocenters. The van der Waals surface area contributed by atoms with Crippen LogP contribution in [0.1, 0.15) is 18.4 Å². The van der Waals surface area contributed by atoms with Crippen molar-refractivity contribution in [3.8, 4) is 0 Å². The molecule has 0 bridgehead atoms. The molecule has 0 aliphatic carbocycles. The summed E-state index contributed by atoms with van der Waals surface area (Å²) in [4.78, 5) is 16.2. The van der Waals surface area contributed by atoms with E-state index in [1.54, 1.807) is 11.9 Å². The van der Waals surface area contributed by atoms with E-state index in [2.05, 4.69) is 23.1 Å². The molecule has 1 saturated heterocycles. The van der Waals surface area contributed by atoms with E-state index in [0.717, 1.165) is 19.5 Å². The van der Waals surface area contributed by atoms with Gasteiger partial charge in [0, 0.05) is 26.2 Å². The van der Waals surface area contributed by atoms with E-state index in [9.17, 15) is 13.2 Å². The number of benzene rings is 1. The number of hydrogen-bond acceptors (Lipinski definition) is 4. The summed E-state index contributed by atoms with van der Waals surface area (Å²) in [6, 6.07) is 10.1. The molecule has 1 amide bonds. The zero-order chi connectivity index (χ0) is 17.2. The van der Waals surface area contributed by atoms with Crippen LogP contribution in [0.15, 0.2) is 36.4 Å². The zero-order valence-electron chi connectivity index (χ0n) is 14.0. The normalized spacial score (nSPS) is 23.7. The first-order valence-corrected chi connectivity index (χ1v) is 10.2. The maximum Gasteiger partial charge on any atom is 0.236 e. The van der Waals surface area contributed by atoms with E-state index in [-0.39, 0.29) is 23.5 Å². The number of carbonyl (C=O) groups excluding carboxylic acids is 1. The molecule has 3 rings (SSSR count). The van der Waals surface area contributed by atoms with Crippen LogP contribution in [0.2, 0.25) is 0 Å². The number of rotatable bonds is 4. The van der Waals surface area contributed by atoms with Gasteiger partial charge < -0.3 is 4.90 Å². The highest BCUT2D eigenvalue weighted by atomic mass is 32.2. The number of amides is 1. The van der Waals surface area contributed by atoms with Gasteiger partial charge in [0.05, 0.1) is 18.1 Å². The molecular formula is C18H24N2O3S. The summed E-state index contributed by atoms with van der Waals surface area (Å²) in [6.45, 7) is 1.96. The Morgan fingerprint density at radius 3 is 2.62 bits per heavy atom. The van der Waals surface area contributed by atoms with Crippen LogP contribution < -0.4 is 0 Å². The summed E-state index contributed by atoms with van der Waals surface area (Å²) in [5.74, 6) is 0.309. The van der Waals surface area contributed by atoms with Crippen LogP contribution in [0.5, 0.6) is 0 Å². The van der Waals surface area contributed by atoms with Crippen LogP contribution in [0, 0.1) is 0 Å². The molecule has 130 valence electrons. The highest BCUT2D eigenvalue weighted by molar-refractivity contribution is 7.91. The Hall–Kier alpha value is -1.66. The van der Waals surface area contributed by atoms with Gasteiger partial charge in [-0.15, -0.1) is 0 Å². The molecule has 6 heteroatoms. The van der Waals surface area contributed by atoms with E-state index in [0.29, 0.717) is 13.0 Å². The van der Waals surface area contributed by atoms with Crippen molar-refractivity contribution in [1.29, 1.82) is 0 Å². The van der Waals surface area contributed by atoms with Crippen molar-refractivity contribution < 1.29 is 13.2 Å². The van der Waals surface area contributed by atoms with Gasteiger partial charge >= 0.3 is 0 Å². The van der Waals surface area contributed by atoms with Crippen molar-refractivity contribution in [1.82, 2.24) is 9.80 Å². The van der Waals surface area contributed by atoms with Gasteiger partial charge in [-0.3, -0.25) is 9.69 Å². The monoisotopic (exact) mass is 348 g/mol. The molecule has 1 aromatic carbocycles. The predicted octanol–water partition coefficient (Wildman–Crippen LogP) is 1.42. The van der Waals surface area contributed by atoms with Crippen molar-refractivity contribution >= 4 is 21.3 Å². The summed E-state index contributed by atoms with van der Waals surface area (Å²) in [7, 11) is -1.24. The van der Waals surface area contributed by atoms with Crippen molar-refractivity contribution in [2.45, 2.75) is 18.9 Å². The van der Waals surface area contributed by atoms with Gasteiger partial charge in [0.1, 0.15) is 0 Å². The molecule has 0 spiro atoms. The van der Waals surface area contributed by atoms with E-state index in [1.165, 1.54) is 11.1 Å². The second kappa shape index (κ2) is 7.07. The van der Waals surface area contributed by atoms with E-state index < -0.39 is 9.84 Å². The van der Waals surface area contributed by atoms with Crippen LogP contribution in [0.4, 0.5) is 0 Å². The van der Waals surface area contributed by atoms with Crippen molar-refractivity contribution in [2.75, 3.05) is 38.2 Å². The molecule has 5 nitrogen and oxygen atoms in total. The van der Waals surface area contributed by atoms with Crippen molar-refractivity contribution in [3.63, 3.8) is 0 Å². The first kappa shape index (κ1) is 17.2. The average molecular weight is 348 g/mol. The summed E-state index contributed by atoms with van der Waals surface area (Å²) < 4.78 is 23.1. The first-order chi connectivity index (χ1) is 11.4. The summed E-state index contributed by atoms with van der Waals surface area (Å²) in [5, 5.41) is 0. The average Bonchev–Trinajstić information content (AvgIpc) is 2.95.